The van der Waals surface area contributed by atoms with Crippen LogP contribution in [0.3, 0.4) is 0 Å². The van der Waals surface area contributed by atoms with Crippen molar-refractivity contribution in [3.05, 3.63) is 48.3 Å². The van der Waals surface area contributed by atoms with Crippen LogP contribution >= 0.6 is 11.8 Å². The molecular formula is C18H16N4O4S. The van der Waals surface area contributed by atoms with Gasteiger partial charge >= 0.3 is 0 Å². The lowest BCUT2D eigenvalue weighted by Gasteiger charge is -2.14. The zero-order valence-electron chi connectivity index (χ0n) is 14.4. The topological polar surface area (TPSA) is 99.4 Å². The van der Waals surface area contributed by atoms with E-state index in [-0.39, 0.29) is 24.5 Å². The van der Waals surface area contributed by atoms with Gasteiger partial charge in [0.2, 0.25) is 18.6 Å². The van der Waals surface area contributed by atoms with Crippen molar-refractivity contribution < 1.29 is 18.7 Å². The Hall–Kier alpha value is -3.07. The fourth-order valence-corrected chi connectivity index (χ4v) is 3.12. The van der Waals surface area contributed by atoms with Crippen LogP contribution in [0.5, 0.6) is 11.5 Å². The number of amides is 1. The minimum absolute atomic E-state index is 0.133. The van der Waals surface area contributed by atoms with Crippen LogP contribution in [0, 0.1) is 0 Å². The smallest absolute Gasteiger partial charge is 0.277 e. The molecular weight excluding hydrogens is 368 g/mol. The number of nitrogens with zero attached hydrogens (tertiary/aromatic N) is 3. The zero-order chi connectivity index (χ0) is 18.6. The molecule has 1 aromatic carbocycles. The van der Waals surface area contributed by atoms with E-state index in [2.05, 4.69) is 20.5 Å². The van der Waals surface area contributed by atoms with E-state index in [4.69, 9.17) is 13.9 Å². The fraction of sp³-hybridized carbons (Fsp3) is 0.222. The monoisotopic (exact) mass is 384 g/mol. The lowest BCUT2D eigenvalue weighted by atomic mass is 10.1. The molecule has 3 aromatic rings. The number of carbonyl (C=O) groups is 1. The van der Waals surface area contributed by atoms with Gasteiger partial charge in [0.25, 0.3) is 5.22 Å². The van der Waals surface area contributed by atoms with Gasteiger partial charge in [-0.25, -0.2) is 0 Å². The Morgan fingerprint density at radius 2 is 2.15 bits per heavy atom. The van der Waals surface area contributed by atoms with Gasteiger partial charge in [-0.1, -0.05) is 17.8 Å². The summed E-state index contributed by atoms with van der Waals surface area (Å²) in [6.07, 6.45) is 3.31. The van der Waals surface area contributed by atoms with Crippen LogP contribution in [-0.4, -0.2) is 33.6 Å². The van der Waals surface area contributed by atoms with E-state index in [9.17, 15) is 4.79 Å². The number of pyridine rings is 1. The van der Waals surface area contributed by atoms with E-state index < -0.39 is 0 Å². The summed E-state index contributed by atoms with van der Waals surface area (Å²) in [5.41, 5.74) is 1.67. The van der Waals surface area contributed by atoms with Crippen molar-refractivity contribution in [2.75, 3.05) is 12.5 Å². The standard InChI is InChI=1S/C18H16N4O4S/c1-11(12-4-5-14-15(7-12)25-10-24-14)20-16(23)9-27-18-22-21-17(26-18)13-3-2-6-19-8-13/h2-8,11H,9-10H2,1H3,(H,20,23)/t11-/m1/s1. The van der Waals surface area contributed by atoms with Gasteiger partial charge < -0.3 is 19.2 Å². The predicted molar refractivity (Wildman–Crippen MR) is 97.4 cm³/mol. The van der Waals surface area contributed by atoms with Crippen molar-refractivity contribution in [1.29, 1.82) is 0 Å². The maximum atomic E-state index is 12.2. The van der Waals surface area contributed by atoms with Crippen molar-refractivity contribution >= 4 is 17.7 Å². The third-order valence-electron chi connectivity index (χ3n) is 3.92. The molecule has 1 aliphatic rings. The van der Waals surface area contributed by atoms with Crippen LogP contribution in [0.1, 0.15) is 18.5 Å². The van der Waals surface area contributed by atoms with E-state index in [1.54, 1.807) is 18.5 Å². The van der Waals surface area contributed by atoms with Crippen molar-refractivity contribution in [3.63, 3.8) is 0 Å². The second-order valence-electron chi connectivity index (χ2n) is 5.81. The second kappa shape index (κ2) is 7.67. The molecule has 1 aliphatic heterocycles. The zero-order valence-corrected chi connectivity index (χ0v) is 15.2. The number of aromatic nitrogens is 3. The number of hydrogen-bond donors (Lipinski definition) is 1. The van der Waals surface area contributed by atoms with E-state index in [0.29, 0.717) is 22.6 Å². The number of hydrogen-bond acceptors (Lipinski definition) is 8. The summed E-state index contributed by atoms with van der Waals surface area (Å²) in [4.78, 5) is 16.2. The Kier molecular flexibility index (Phi) is 4.93. The highest BCUT2D eigenvalue weighted by atomic mass is 32.2. The van der Waals surface area contributed by atoms with Gasteiger partial charge in [-0.05, 0) is 36.8 Å². The van der Waals surface area contributed by atoms with Crippen LogP contribution in [0.15, 0.2) is 52.4 Å². The molecule has 1 atom stereocenters. The molecule has 0 saturated carbocycles. The van der Waals surface area contributed by atoms with Crippen LogP contribution in [-0.2, 0) is 4.79 Å². The number of benzene rings is 1. The van der Waals surface area contributed by atoms with Crippen molar-refractivity contribution in [3.8, 4) is 23.0 Å². The van der Waals surface area contributed by atoms with Crippen molar-refractivity contribution in [2.24, 2.45) is 0 Å². The first-order valence-corrected chi connectivity index (χ1v) is 9.23. The van der Waals surface area contributed by atoms with Gasteiger partial charge in [0.1, 0.15) is 0 Å². The molecule has 9 heteroatoms. The number of ether oxygens (including phenoxy) is 2. The van der Waals surface area contributed by atoms with Crippen LogP contribution in [0.2, 0.25) is 0 Å². The molecule has 3 heterocycles. The summed E-state index contributed by atoms with van der Waals surface area (Å²) in [7, 11) is 0. The Labute approximate surface area is 159 Å². The highest BCUT2D eigenvalue weighted by Gasteiger charge is 2.17. The van der Waals surface area contributed by atoms with E-state index >= 15 is 0 Å². The average Bonchev–Trinajstić information content (AvgIpc) is 3.36. The normalized spacial score (nSPS) is 13.4. The van der Waals surface area contributed by atoms with Gasteiger partial charge in [0.15, 0.2) is 11.5 Å². The van der Waals surface area contributed by atoms with E-state index in [1.165, 1.54) is 11.8 Å². The molecule has 0 saturated heterocycles. The third-order valence-corrected chi connectivity index (χ3v) is 4.73. The molecule has 1 amide bonds. The molecule has 2 aromatic heterocycles. The predicted octanol–water partition coefficient (Wildman–Crippen LogP) is 2.83. The Balaban J connectivity index is 1.31. The molecule has 0 spiro atoms. The van der Waals surface area contributed by atoms with E-state index in [0.717, 1.165) is 11.1 Å². The lowest BCUT2D eigenvalue weighted by Crippen LogP contribution is -2.28. The van der Waals surface area contributed by atoms with Gasteiger partial charge in [-0.15, -0.1) is 10.2 Å². The maximum absolute atomic E-state index is 12.2. The number of thioether (sulfide) groups is 1. The fourth-order valence-electron chi connectivity index (χ4n) is 2.55. The first kappa shape index (κ1) is 17.3. The molecule has 0 bridgehead atoms. The average molecular weight is 384 g/mol. The number of nitrogens with one attached hydrogen (secondary N) is 1. The molecule has 8 nitrogen and oxygen atoms in total. The summed E-state index contributed by atoms with van der Waals surface area (Å²) >= 11 is 1.18. The van der Waals surface area contributed by atoms with Crippen LogP contribution in [0.25, 0.3) is 11.5 Å². The second-order valence-corrected chi connectivity index (χ2v) is 6.73. The minimum atomic E-state index is -0.166. The lowest BCUT2D eigenvalue weighted by molar-refractivity contribution is -0.119. The Morgan fingerprint density at radius 3 is 3.00 bits per heavy atom. The SMILES string of the molecule is C[C@@H](NC(=O)CSc1nnc(-c2cccnc2)o1)c1ccc2c(c1)OCO2. The minimum Gasteiger partial charge on any atom is -0.454 e. The van der Waals surface area contributed by atoms with Crippen molar-refractivity contribution in [2.45, 2.75) is 18.2 Å². The third kappa shape index (κ3) is 4.03. The number of rotatable bonds is 6. The Bertz CT molecular complexity index is 948. The van der Waals surface area contributed by atoms with E-state index in [1.807, 2.05) is 31.2 Å². The molecule has 27 heavy (non-hydrogen) atoms. The van der Waals surface area contributed by atoms with Gasteiger partial charge in [0.05, 0.1) is 17.4 Å². The highest BCUT2D eigenvalue weighted by molar-refractivity contribution is 7.99. The molecule has 4 rings (SSSR count). The maximum Gasteiger partial charge on any atom is 0.277 e. The number of carbonyl (C=O) groups excluding carboxylic acids is 1. The van der Waals surface area contributed by atoms with Gasteiger partial charge in [0, 0.05) is 12.4 Å². The summed E-state index contributed by atoms with van der Waals surface area (Å²) in [6, 6.07) is 9.07. The highest BCUT2D eigenvalue weighted by Crippen LogP contribution is 2.34. The quantitative estimate of drug-likeness (QED) is 0.648. The molecule has 0 fully saturated rings. The van der Waals surface area contributed by atoms with Crippen molar-refractivity contribution in [1.82, 2.24) is 20.5 Å². The molecule has 0 aliphatic carbocycles. The Morgan fingerprint density at radius 1 is 1.26 bits per heavy atom. The molecule has 1 N–H and O–H groups in total. The first-order valence-electron chi connectivity index (χ1n) is 8.24. The summed E-state index contributed by atoms with van der Waals surface area (Å²) in [6.45, 7) is 2.13. The largest absolute Gasteiger partial charge is 0.454 e. The molecule has 138 valence electrons. The van der Waals surface area contributed by atoms with Gasteiger partial charge in [-0.3, -0.25) is 9.78 Å². The molecule has 0 radical (unpaired) electrons. The summed E-state index contributed by atoms with van der Waals surface area (Å²) < 4.78 is 16.2. The first-order chi connectivity index (χ1) is 13.2. The van der Waals surface area contributed by atoms with Crippen LogP contribution < -0.4 is 14.8 Å². The van der Waals surface area contributed by atoms with Crippen LogP contribution in [0.4, 0.5) is 0 Å². The summed E-state index contributed by atoms with van der Waals surface area (Å²) in [5.74, 6) is 1.82. The number of fused-ring (bicyclic) bond motifs is 1. The molecule has 0 unspecified atom stereocenters. The summed E-state index contributed by atoms with van der Waals surface area (Å²) in [5, 5.41) is 11.2. The van der Waals surface area contributed by atoms with Gasteiger partial charge in [-0.2, -0.15) is 0 Å².